The second-order valence-corrected chi connectivity index (χ2v) is 2.55. The van der Waals surface area contributed by atoms with Crippen LogP contribution in [0.1, 0.15) is 15.9 Å². The van der Waals surface area contributed by atoms with E-state index < -0.39 is 5.97 Å². The third-order valence-corrected chi connectivity index (χ3v) is 1.73. The molecular weight excluding hydrogens is 170 g/mol. The molecule has 13 heavy (non-hydrogen) atoms. The lowest BCUT2D eigenvalue weighted by Crippen LogP contribution is -2.05. The Bertz CT molecular complexity index is 347. The lowest BCUT2D eigenvalue weighted by Gasteiger charge is -2.04. The Kier molecular flexibility index (Phi) is 2.64. The lowest BCUT2D eigenvalue weighted by molar-refractivity contribution is -0.107. The molecular formula is C9H9NO3. The van der Waals surface area contributed by atoms with Crippen molar-refractivity contribution >= 4 is 17.9 Å². The van der Waals surface area contributed by atoms with Gasteiger partial charge >= 0.3 is 5.97 Å². The summed E-state index contributed by atoms with van der Waals surface area (Å²) in [6, 6.07) is 4.61. The van der Waals surface area contributed by atoms with E-state index in [2.05, 4.69) is 0 Å². The van der Waals surface area contributed by atoms with Crippen molar-refractivity contribution < 1.29 is 14.7 Å². The van der Waals surface area contributed by atoms with Crippen LogP contribution in [0.15, 0.2) is 18.2 Å². The zero-order chi connectivity index (χ0) is 9.84. The molecule has 0 radical (unpaired) electrons. The summed E-state index contributed by atoms with van der Waals surface area (Å²) in [7, 11) is 0. The Hall–Kier alpha value is -1.84. The van der Waals surface area contributed by atoms with Crippen LogP contribution in [-0.2, 0) is 11.2 Å². The van der Waals surface area contributed by atoms with Gasteiger partial charge in [-0.25, -0.2) is 4.79 Å². The second-order valence-electron chi connectivity index (χ2n) is 2.55. The third kappa shape index (κ3) is 1.84. The number of hydrogen-bond donors (Lipinski definition) is 2. The van der Waals surface area contributed by atoms with Crippen molar-refractivity contribution in [3.05, 3.63) is 29.3 Å². The number of nitrogen functional groups attached to an aromatic ring is 1. The molecule has 0 saturated carbocycles. The number of nitrogens with two attached hydrogens (primary N) is 1. The van der Waals surface area contributed by atoms with E-state index >= 15 is 0 Å². The van der Waals surface area contributed by atoms with Crippen LogP contribution in [0.2, 0.25) is 0 Å². The van der Waals surface area contributed by atoms with Gasteiger partial charge in [-0.15, -0.1) is 0 Å². The van der Waals surface area contributed by atoms with Gasteiger partial charge in [-0.1, -0.05) is 12.1 Å². The molecule has 0 saturated heterocycles. The fraction of sp³-hybridized carbons (Fsp3) is 0.111. The van der Waals surface area contributed by atoms with Gasteiger partial charge in [0.1, 0.15) is 6.29 Å². The highest BCUT2D eigenvalue weighted by Gasteiger charge is 2.09. The molecule has 0 fully saturated rings. The van der Waals surface area contributed by atoms with Gasteiger partial charge in [-0.05, 0) is 11.6 Å². The van der Waals surface area contributed by atoms with Crippen LogP contribution in [0.5, 0.6) is 0 Å². The van der Waals surface area contributed by atoms with Crippen molar-refractivity contribution in [2.24, 2.45) is 0 Å². The van der Waals surface area contributed by atoms with Gasteiger partial charge in [0.15, 0.2) is 0 Å². The van der Waals surface area contributed by atoms with E-state index in [-0.39, 0.29) is 17.7 Å². The molecule has 0 heterocycles. The summed E-state index contributed by atoms with van der Waals surface area (Å²) in [5.41, 5.74) is 6.29. The Labute approximate surface area is 75.0 Å². The molecule has 4 nitrogen and oxygen atoms in total. The van der Waals surface area contributed by atoms with Crippen molar-refractivity contribution in [1.82, 2.24) is 0 Å². The molecule has 3 N–H and O–H groups in total. The van der Waals surface area contributed by atoms with E-state index in [0.717, 1.165) is 0 Å². The minimum absolute atomic E-state index is 0.0411. The van der Waals surface area contributed by atoms with Gasteiger partial charge in [0.2, 0.25) is 0 Å². The summed E-state index contributed by atoms with van der Waals surface area (Å²) < 4.78 is 0. The lowest BCUT2D eigenvalue weighted by atomic mass is 10.1. The van der Waals surface area contributed by atoms with E-state index in [1.54, 1.807) is 12.1 Å². The van der Waals surface area contributed by atoms with E-state index in [1.807, 2.05) is 0 Å². The summed E-state index contributed by atoms with van der Waals surface area (Å²) in [5.74, 6) is -1.08. The largest absolute Gasteiger partial charge is 0.478 e. The number of rotatable bonds is 3. The summed E-state index contributed by atoms with van der Waals surface area (Å²) in [5, 5.41) is 8.69. The van der Waals surface area contributed by atoms with Gasteiger partial charge < -0.3 is 15.6 Å². The molecule has 0 spiro atoms. The minimum Gasteiger partial charge on any atom is -0.478 e. The maximum atomic E-state index is 10.6. The van der Waals surface area contributed by atoms with Crippen LogP contribution in [0.3, 0.4) is 0 Å². The van der Waals surface area contributed by atoms with Gasteiger partial charge in [0, 0.05) is 12.1 Å². The molecule has 1 aromatic carbocycles. The molecule has 0 aromatic heterocycles. The van der Waals surface area contributed by atoms with Crippen LogP contribution in [0.4, 0.5) is 5.69 Å². The highest BCUT2D eigenvalue weighted by Crippen LogP contribution is 2.17. The first-order valence-corrected chi connectivity index (χ1v) is 3.71. The molecule has 68 valence electrons. The maximum Gasteiger partial charge on any atom is 0.337 e. The highest BCUT2D eigenvalue weighted by atomic mass is 16.4. The quantitative estimate of drug-likeness (QED) is 0.529. The molecule has 0 bridgehead atoms. The number of carbonyl (C=O) groups is 2. The molecule has 1 rings (SSSR count). The van der Waals surface area contributed by atoms with Crippen molar-refractivity contribution in [3.8, 4) is 0 Å². The summed E-state index contributed by atoms with van der Waals surface area (Å²) in [6.45, 7) is 0. The first-order valence-electron chi connectivity index (χ1n) is 3.71. The number of hydrogen-bond acceptors (Lipinski definition) is 3. The molecule has 0 amide bonds. The number of carboxylic acid groups (broad SMARTS) is 1. The SMILES string of the molecule is Nc1c(CC=O)cccc1C(=O)O. The molecule has 0 aliphatic rings. The Morgan fingerprint density at radius 3 is 2.77 bits per heavy atom. The molecule has 1 aromatic rings. The topological polar surface area (TPSA) is 80.4 Å². The monoisotopic (exact) mass is 179 g/mol. The van der Waals surface area contributed by atoms with Gasteiger partial charge in [-0.2, -0.15) is 0 Å². The van der Waals surface area contributed by atoms with Gasteiger partial charge in [0.25, 0.3) is 0 Å². The predicted molar refractivity (Wildman–Crippen MR) is 47.6 cm³/mol. The summed E-state index contributed by atoms with van der Waals surface area (Å²) >= 11 is 0. The Balaban J connectivity index is 3.17. The fourth-order valence-corrected chi connectivity index (χ4v) is 1.07. The van der Waals surface area contributed by atoms with E-state index in [0.29, 0.717) is 11.8 Å². The number of carbonyl (C=O) groups excluding carboxylic acids is 1. The van der Waals surface area contributed by atoms with E-state index in [4.69, 9.17) is 10.8 Å². The van der Waals surface area contributed by atoms with Crippen LogP contribution < -0.4 is 5.73 Å². The maximum absolute atomic E-state index is 10.6. The van der Waals surface area contributed by atoms with Gasteiger partial charge in [-0.3, -0.25) is 0 Å². The number of aldehydes is 1. The third-order valence-electron chi connectivity index (χ3n) is 1.73. The van der Waals surface area contributed by atoms with Crippen LogP contribution >= 0.6 is 0 Å². The normalized spacial score (nSPS) is 9.54. The first-order chi connectivity index (χ1) is 6.16. The number of benzene rings is 1. The van der Waals surface area contributed by atoms with Crippen molar-refractivity contribution in [2.45, 2.75) is 6.42 Å². The average molecular weight is 179 g/mol. The number of para-hydroxylation sites is 1. The summed E-state index contributed by atoms with van der Waals surface area (Å²) in [6.07, 6.45) is 0.838. The number of aromatic carboxylic acids is 1. The second kappa shape index (κ2) is 3.71. The first kappa shape index (κ1) is 9.25. The molecule has 0 aliphatic heterocycles. The average Bonchev–Trinajstić information content (AvgIpc) is 2.08. The van der Waals surface area contributed by atoms with Crippen molar-refractivity contribution in [1.29, 1.82) is 0 Å². The highest BCUT2D eigenvalue weighted by molar-refractivity contribution is 5.94. The van der Waals surface area contributed by atoms with E-state index in [9.17, 15) is 9.59 Å². The summed E-state index contributed by atoms with van der Waals surface area (Å²) in [4.78, 5) is 20.8. The zero-order valence-electron chi connectivity index (χ0n) is 6.86. The van der Waals surface area contributed by atoms with E-state index in [1.165, 1.54) is 6.07 Å². The molecule has 4 heteroatoms. The van der Waals surface area contributed by atoms with Crippen LogP contribution in [0.25, 0.3) is 0 Å². The predicted octanol–water partition coefficient (Wildman–Crippen LogP) is 0.708. The van der Waals surface area contributed by atoms with Crippen molar-refractivity contribution in [2.75, 3.05) is 5.73 Å². The Morgan fingerprint density at radius 1 is 1.54 bits per heavy atom. The number of anilines is 1. The molecule has 0 unspecified atom stereocenters. The smallest absolute Gasteiger partial charge is 0.337 e. The Morgan fingerprint density at radius 2 is 2.23 bits per heavy atom. The minimum atomic E-state index is -1.08. The molecule has 0 atom stereocenters. The van der Waals surface area contributed by atoms with Crippen molar-refractivity contribution in [3.63, 3.8) is 0 Å². The molecule has 0 aliphatic carbocycles. The van der Waals surface area contributed by atoms with Crippen LogP contribution in [-0.4, -0.2) is 17.4 Å². The van der Waals surface area contributed by atoms with Crippen LogP contribution in [0, 0.1) is 0 Å². The zero-order valence-corrected chi connectivity index (χ0v) is 6.86. The number of carboxylic acids is 1. The van der Waals surface area contributed by atoms with Gasteiger partial charge in [0.05, 0.1) is 5.56 Å². The standard InChI is InChI=1S/C9H9NO3/c10-8-6(4-5-11)2-1-3-7(8)9(12)13/h1-3,5H,4,10H2,(H,12,13). The fourth-order valence-electron chi connectivity index (χ4n) is 1.07.